The largest absolute Gasteiger partial charge is 0.494 e. The Hall–Kier alpha value is -1.73. The van der Waals surface area contributed by atoms with E-state index in [0.717, 1.165) is 18.0 Å². The Morgan fingerprint density at radius 3 is 2.65 bits per heavy atom. The second kappa shape index (κ2) is 7.76. The molecule has 2 atom stereocenters. The SMILES string of the molecule is CCNC(C)(C#N)CC(C)Oc1cccc(OCC)c1. The first kappa shape index (κ1) is 16.3. The Morgan fingerprint density at radius 1 is 1.35 bits per heavy atom. The second-order valence-electron chi connectivity index (χ2n) is 5.01. The lowest BCUT2D eigenvalue weighted by Crippen LogP contribution is -2.44. The fourth-order valence-electron chi connectivity index (χ4n) is 2.20. The minimum atomic E-state index is -0.564. The molecule has 0 aliphatic rings. The fourth-order valence-corrected chi connectivity index (χ4v) is 2.20. The van der Waals surface area contributed by atoms with Crippen molar-refractivity contribution in [3.05, 3.63) is 24.3 Å². The van der Waals surface area contributed by atoms with E-state index in [2.05, 4.69) is 11.4 Å². The van der Waals surface area contributed by atoms with Gasteiger partial charge in [0.25, 0.3) is 0 Å². The smallest absolute Gasteiger partial charge is 0.123 e. The van der Waals surface area contributed by atoms with Crippen LogP contribution in [0.2, 0.25) is 0 Å². The molecular formula is C16H24N2O2. The standard InChI is InChI=1S/C16H24N2O2/c1-5-18-16(4,12-17)11-13(3)20-15-9-7-8-14(10-15)19-6-2/h7-10,13,18H,5-6,11H2,1-4H3. The molecule has 1 N–H and O–H groups in total. The summed E-state index contributed by atoms with van der Waals surface area (Å²) in [5.74, 6) is 1.56. The average molecular weight is 276 g/mol. The van der Waals surface area contributed by atoms with Gasteiger partial charge >= 0.3 is 0 Å². The normalized spacial score (nSPS) is 14.9. The van der Waals surface area contributed by atoms with Crippen LogP contribution in [-0.4, -0.2) is 24.8 Å². The van der Waals surface area contributed by atoms with E-state index in [0.29, 0.717) is 13.0 Å². The van der Waals surface area contributed by atoms with Crippen molar-refractivity contribution in [3.8, 4) is 17.6 Å². The summed E-state index contributed by atoms with van der Waals surface area (Å²) >= 11 is 0. The van der Waals surface area contributed by atoms with E-state index in [4.69, 9.17) is 9.47 Å². The van der Waals surface area contributed by atoms with Gasteiger partial charge in [-0.05, 0) is 39.4 Å². The molecule has 1 rings (SSSR count). The zero-order chi connectivity index (χ0) is 15.0. The predicted molar refractivity (Wildman–Crippen MR) is 80.0 cm³/mol. The highest BCUT2D eigenvalue weighted by atomic mass is 16.5. The molecule has 4 heteroatoms. The first-order chi connectivity index (χ1) is 9.53. The maximum atomic E-state index is 9.26. The zero-order valence-electron chi connectivity index (χ0n) is 12.8. The highest BCUT2D eigenvalue weighted by Gasteiger charge is 2.26. The number of ether oxygens (including phenoxy) is 2. The number of nitrogens with one attached hydrogen (secondary N) is 1. The Bertz CT molecular complexity index is 456. The summed E-state index contributed by atoms with van der Waals surface area (Å²) in [7, 11) is 0. The van der Waals surface area contributed by atoms with Crippen molar-refractivity contribution in [2.75, 3.05) is 13.2 Å². The van der Waals surface area contributed by atoms with Crippen molar-refractivity contribution in [2.24, 2.45) is 0 Å². The fraction of sp³-hybridized carbons (Fsp3) is 0.562. The van der Waals surface area contributed by atoms with Crippen LogP contribution in [0.1, 0.15) is 34.1 Å². The molecule has 4 nitrogen and oxygen atoms in total. The number of nitriles is 1. The van der Waals surface area contributed by atoms with Crippen molar-refractivity contribution in [1.82, 2.24) is 5.32 Å². The summed E-state index contributed by atoms with van der Waals surface area (Å²) in [6, 6.07) is 9.89. The molecule has 1 aromatic carbocycles. The molecule has 2 unspecified atom stereocenters. The van der Waals surface area contributed by atoms with Gasteiger partial charge in [-0.3, -0.25) is 5.32 Å². The number of nitrogens with zero attached hydrogens (tertiary/aromatic N) is 1. The van der Waals surface area contributed by atoms with Crippen molar-refractivity contribution in [2.45, 2.75) is 45.8 Å². The van der Waals surface area contributed by atoms with Crippen molar-refractivity contribution < 1.29 is 9.47 Å². The van der Waals surface area contributed by atoms with Crippen LogP contribution in [-0.2, 0) is 0 Å². The van der Waals surface area contributed by atoms with Crippen molar-refractivity contribution in [3.63, 3.8) is 0 Å². The Morgan fingerprint density at radius 2 is 2.05 bits per heavy atom. The second-order valence-corrected chi connectivity index (χ2v) is 5.01. The lowest BCUT2D eigenvalue weighted by Gasteiger charge is -2.26. The molecule has 0 amide bonds. The van der Waals surface area contributed by atoms with Gasteiger partial charge in [-0.15, -0.1) is 0 Å². The summed E-state index contributed by atoms with van der Waals surface area (Å²) in [5.41, 5.74) is -0.564. The molecule has 0 fully saturated rings. The van der Waals surface area contributed by atoms with Crippen LogP contribution in [0.25, 0.3) is 0 Å². The van der Waals surface area contributed by atoms with Gasteiger partial charge in [0.15, 0.2) is 0 Å². The first-order valence-electron chi connectivity index (χ1n) is 7.08. The van der Waals surface area contributed by atoms with Crippen LogP contribution in [0.3, 0.4) is 0 Å². The molecule has 0 saturated carbocycles. The van der Waals surface area contributed by atoms with E-state index in [-0.39, 0.29) is 6.10 Å². The number of hydrogen-bond acceptors (Lipinski definition) is 4. The van der Waals surface area contributed by atoms with E-state index in [1.54, 1.807) is 0 Å². The third-order valence-electron chi connectivity index (χ3n) is 2.96. The quantitative estimate of drug-likeness (QED) is 0.792. The molecule has 0 saturated heterocycles. The highest BCUT2D eigenvalue weighted by Crippen LogP contribution is 2.22. The van der Waals surface area contributed by atoms with Gasteiger partial charge in [-0.1, -0.05) is 13.0 Å². The Labute approximate surface area is 121 Å². The van der Waals surface area contributed by atoms with E-state index in [9.17, 15) is 5.26 Å². The summed E-state index contributed by atoms with van der Waals surface area (Å²) in [4.78, 5) is 0. The van der Waals surface area contributed by atoms with E-state index >= 15 is 0 Å². The third kappa shape index (κ3) is 5.10. The van der Waals surface area contributed by atoms with Gasteiger partial charge < -0.3 is 9.47 Å². The van der Waals surface area contributed by atoms with Crippen molar-refractivity contribution >= 4 is 0 Å². The molecule has 0 bridgehead atoms. The first-order valence-corrected chi connectivity index (χ1v) is 7.08. The van der Waals surface area contributed by atoms with E-state index in [1.807, 2.05) is 52.0 Å². The van der Waals surface area contributed by atoms with Crippen LogP contribution in [0, 0.1) is 11.3 Å². The molecular weight excluding hydrogens is 252 g/mol. The van der Waals surface area contributed by atoms with Crippen LogP contribution in [0.5, 0.6) is 11.5 Å². The van der Waals surface area contributed by atoms with Gasteiger partial charge in [0.2, 0.25) is 0 Å². The minimum Gasteiger partial charge on any atom is -0.494 e. The molecule has 0 heterocycles. The molecule has 0 spiro atoms. The summed E-state index contributed by atoms with van der Waals surface area (Å²) < 4.78 is 11.3. The molecule has 0 aliphatic carbocycles. The van der Waals surface area contributed by atoms with Crippen LogP contribution in [0.4, 0.5) is 0 Å². The molecule has 20 heavy (non-hydrogen) atoms. The van der Waals surface area contributed by atoms with Crippen molar-refractivity contribution in [1.29, 1.82) is 5.26 Å². The van der Waals surface area contributed by atoms with Gasteiger partial charge in [0.1, 0.15) is 17.0 Å². The van der Waals surface area contributed by atoms with Gasteiger partial charge in [-0.2, -0.15) is 5.26 Å². The lowest BCUT2D eigenvalue weighted by molar-refractivity contribution is 0.180. The van der Waals surface area contributed by atoms with Gasteiger partial charge in [0.05, 0.1) is 18.8 Å². The maximum absolute atomic E-state index is 9.26. The van der Waals surface area contributed by atoms with E-state index in [1.165, 1.54) is 0 Å². The monoisotopic (exact) mass is 276 g/mol. The number of rotatable bonds is 8. The van der Waals surface area contributed by atoms with E-state index < -0.39 is 5.54 Å². The Balaban J connectivity index is 2.64. The zero-order valence-corrected chi connectivity index (χ0v) is 12.8. The topological polar surface area (TPSA) is 54.3 Å². The number of hydrogen-bond donors (Lipinski definition) is 1. The average Bonchev–Trinajstić information content (AvgIpc) is 2.39. The summed E-state index contributed by atoms with van der Waals surface area (Å²) in [5, 5.41) is 12.4. The maximum Gasteiger partial charge on any atom is 0.123 e. The van der Waals surface area contributed by atoms with Crippen LogP contribution in [0.15, 0.2) is 24.3 Å². The van der Waals surface area contributed by atoms with Crippen LogP contribution >= 0.6 is 0 Å². The number of benzene rings is 1. The predicted octanol–water partition coefficient (Wildman–Crippen LogP) is 3.13. The van der Waals surface area contributed by atoms with Gasteiger partial charge in [0, 0.05) is 12.5 Å². The summed E-state index contributed by atoms with van der Waals surface area (Å²) in [6.45, 7) is 9.20. The molecule has 0 radical (unpaired) electrons. The molecule has 110 valence electrons. The lowest BCUT2D eigenvalue weighted by atomic mass is 9.96. The summed E-state index contributed by atoms with van der Waals surface area (Å²) in [6.07, 6.45) is 0.562. The Kier molecular flexibility index (Phi) is 6.33. The van der Waals surface area contributed by atoms with Crippen LogP contribution < -0.4 is 14.8 Å². The van der Waals surface area contributed by atoms with Gasteiger partial charge in [-0.25, -0.2) is 0 Å². The molecule has 1 aromatic rings. The highest BCUT2D eigenvalue weighted by molar-refractivity contribution is 5.33. The third-order valence-corrected chi connectivity index (χ3v) is 2.96. The minimum absolute atomic E-state index is 0.0597. The molecule has 0 aliphatic heterocycles. The molecule has 0 aromatic heterocycles.